The molecule has 0 amide bonds. The number of benzene rings is 2. The molecule has 0 aromatic heterocycles. The Morgan fingerprint density at radius 2 is 1.81 bits per heavy atom. The average molecular weight is 323 g/mol. The fourth-order valence-electron chi connectivity index (χ4n) is 1.68. The molecule has 0 spiro atoms. The van der Waals surface area contributed by atoms with Crippen molar-refractivity contribution in [1.82, 2.24) is 0 Å². The summed E-state index contributed by atoms with van der Waals surface area (Å²) in [6.45, 7) is 1.81. The van der Waals surface area contributed by atoms with Gasteiger partial charge in [0.05, 0.1) is 22.0 Å². The fraction of sp³-hybridized carbons (Fsp3) is 0.0667. The summed E-state index contributed by atoms with van der Waals surface area (Å²) in [5.41, 5.74) is 5.23. The summed E-state index contributed by atoms with van der Waals surface area (Å²) in [5, 5.41) is 14.1. The van der Waals surface area contributed by atoms with E-state index in [1.54, 1.807) is 30.3 Å². The monoisotopic (exact) mass is 322 g/mol. The third-order valence-corrected chi connectivity index (χ3v) is 3.35. The molecule has 0 aliphatic rings. The summed E-state index contributed by atoms with van der Waals surface area (Å²) >= 11 is 12.0. The number of nitrogens with one attached hydrogen (secondary N) is 1. The number of hydrogen-bond donors (Lipinski definition) is 2. The van der Waals surface area contributed by atoms with Gasteiger partial charge in [-0.2, -0.15) is 5.10 Å². The summed E-state index contributed by atoms with van der Waals surface area (Å²) in [4.78, 5) is 10.8. The molecule has 0 aliphatic heterocycles. The number of hydrazone groups is 1. The largest absolute Gasteiger partial charge is 0.478 e. The lowest BCUT2D eigenvalue weighted by atomic mass is 10.1. The molecule has 0 saturated heterocycles. The summed E-state index contributed by atoms with van der Waals surface area (Å²) in [6.07, 6.45) is 0. The molecule has 108 valence electrons. The molecule has 0 atom stereocenters. The first-order valence-electron chi connectivity index (χ1n) is 6.06. The number of halogens is 2. The highest BCUT2D eigenvalue weighted by Crippen LogP contribution is 2.21. The Labute approximate surface area is 132 Å². The molecule has 0 saturated carbocycles. The predicted molar refractivity (Wildman–Crippen MR) is 85.7 cm³/mol. The Balaban J connectivity index is 2.14. The molecule has 0 bridgehead atoms. The molecule has 4 nitrogen and oxygen atoms in total. The molecular formula is C15H12Cl2N2O2. The van der Waals surface area contributed by atoms with Gasteiger partial charge in [0, 0.05) is 10.6 Å². The maximum atomic E-state index is 10.8. The maximum Gasteiger partial charge on any atom is 0.335 e. The van der Waals surface area contributed by atoms with E-state index in [2.05, 4.69) is 10.5 Å². The number of hydrogen-bond acceptors (Lipinski definition) is 3. The van der Waals surface area contributed by atoms with Crippen molar-refractivity contribution in [3.63, 3.8) is 0 Å². The van der Waals surface area contributed by atoms with E-state index in [4.69, 9.17) is 28.3 Å². The van der Waals surface area contributed by atoms with Crippen LogP contribution < -0.4 is 5.43 Å². The first kappa shape index (κ1) is 15.4. The van der Waals surface area contributed by atoms with Crippen LogP contribution in [0.15, 0.2) is 47.6 Å². The van der Waals surface area contributed by atoms with E-state index in [9.17, 15) is 4.79 Å². The van der Waals surface area contributed by atoms with Gasteiger partial charge in [0.1, 0.15) is 0 Å². The molecule has 0 unspecified atom stereocenters. The molecule has 6 heteroatoms. The SMILES string of the molecule is C/C(=N\Nc1ccc(C(=O)O)cc1)c1ccc(Cl)cc1Cl. The van der Waals surface area contributed by atoms with Gasteiger partial charge in [0.2, 0.25) is 0 Å². The lowest BCUT2D eigenvalue weighted by Crippen LogP contribution is -2.01. The Hall–Kier alpha value is -2.04. The van der Waals surface area contributed by atoms with Gasteiger partial charge in [-0.1, -0.05) is 29.3 Å². The van der Waals surface area contributed by atoms with E-state index >= 15 is 0 Å². The number of rotatable bonds is 4. The quantitative estimate of drug-likeness (QED) is 0.642. The molecule has 2 aromatic carbocycles. The normalized spacial score (nSPS) is 11.3. The Morgan fingerprint density at radius 3 is 2.38 bits per heavy atom. The minimum atomic E-state index is -0.964. The van der Waals surface area contributed by atoms with Crippen molar-refractivity contribution >= 4 is 40.6 Å². The van der Waals surface area contributed by atoms with E-state index < -0.39 is 5.97 Å². The zero-order valence-electron chi connectivity index (χ0n) is 11.1. The van der Waals surface area contributed by atoms with Gasteiger partial charge in [0.15, 0.2) is 0 Å². The average Bonchev–Trinajstić information content (AvgIpc) is 2.45. The summed E-state index contributed by atoms with van der Waals surface area (Å²) in [7, 11) is 0. The third kappa shape index (κ3) is 3.97. The molecule has 0 heterocycles. The predicted octanol–water partition coefficient (Wildman–Crippen LogP) is 4.53. The molecule has 0 radical (unpaired) electrons. The van der Waals surface area contributed by atoms with Crippen molar-refractivity contribution in [3.05, 3.63) is 63.6 Å². The van der Waals surface area contributed by atoms with Crippen LogP contribution in [0.5, 0.6) is 0 Å². The van der Waals surface area contributed by atoms with Crippen LogP contribution in [0, 0.1) is 0 Å². The standard InChI is InChI=1S/C15H12Cl2N2O2/c1-9(13-7-4-11(16)8-14(13)17)18-19-12-5-2-10(3-6-12)15(20)21/h2-8,19H,1H3,(H,20,21)/b18-9+. The summed E-state index contributed by atoms with van der Waals surface area (Å²) < 4.78 is 0. The van der Waals surface area contributed by atoms with Crippen LogP contribution in [-0.2, 0) is 0 Å². The van der Waals surface area contributed by atoms with Gasteiger partial charge in [-0.25, -0.2) is 4.79 Å². The van der Waals surface area contributed by atoms with Crippen molar-refractivity contribution < 1.29 is 9.90 Å². The van der Waals surface area contributed by atoms with Gasteiger partial charge >= 0.3 is 5.97 Å². The van der Waals surface area contributed by atoms with Gasteiger partial charge in [-0.3, -0.25) is 5.43 Å². The summed E-state index contributed by atoms with van der Waals surface area (Å²) in [5.74, 6) is -0.964. The second kappa shape index (κ2) is 6.61. The molecule has 21 heavy (non-hydrogen) atoms. The second-order valence-electron chi connectivity index (χ2n) is 4.32. The zero-order chi connectivity index (χ0) is 15.4. The zero-order valence-corrected chi connectivity index (χ0v) is 12.6. The minimum absolute atomic E-state index is 0.224. The van der Waals surface area contributed by atoms with Crippen LogP contribution in [0.1, 0.15) is 22.8 Å². The number of aromatic carboxylic acids is 1. The Kier molecular flexibility index (Phi) is 4.83. The number of nitrogens with zero attached hydrogens (tertiary/aromatic N) is 1. The van der Waals surface area contributed by atoms with Crippen LogP contribution in [-0.4, -0.2) is 16.8 Å². The molecule has 0 aliphatic carbocycles. The van der Waals surface area contributed by atoms with Crippen molar-refractivity contribution in [2.24, 2.45) is 5.10 Å². The number of carboxylic acids is 1. The van der Waals surface area contributed by atoms with Crippen LogP contribution in [0.25, 0.3) is 0 Å². The highest BCUT2D eigenvalue weighted by atomic mass is 35.5. The van der Waals surface area contributed by atoms with E-state index in [0.29, 0.717) is 21.4 Å². The number of carboxylic acid groups (broad SMARTS) is 1. The molecule has 2 rings (SSSR count). The molecule has 2 aromatic rings. The number of anilines is 1. The van der Waals surface area contributed by atoms with Crippen molar-refractivity contribution in [3.8, 4) is 0 Å². The van der Waals surface area contributed by atoms with Gasteiger partial charge < -0.3 is 5.11 Å². The van der Waals surface area contributed by atoms with Crippen molar-refractivity contribution in [2.75, 3.05) is 5.43 Å². The lowest BCUT2D eigenvalue weighted by Gasteiger charge is -2.06. The Bertz CT molecular complexity index is 697. The fourth-order valence-corrected chi connectivity index (χ4v) is 2.22. The van der Waals surface area contributed by atoms with E-state index in [-0.39, 0.29) is 5.56 Å². The van der Waals surface area contributed by atoms with E-state index in [1.807, 2.05) is 6.92 Å². The minimum Gasteiger partial charge on any atom is -0.478 e. The first-order valence-corrected chi connectivity index (χ1v) is 6.82. The van der Waals surface area contributed by atoms with Gasteiger partial charge in [0.25, 0.3) is 0 Å². The highest BCUT2D eigenvalue weighted by molar-refractivity contribution is 6.37. The lowest BCUT2D eigenvalue weighted by molar-refractivity contribution is 0.0697. The van der Waals surface area contributed by atoms with Gasteiger partial charge in [-0.05, 0) is 43.3 Å². The van der Waals surface area contributed by atoms with Crippen molar-refractivity contribution in [1.29, 1.82) is 0 Å². The van der Waals surface area contributed by atoms with Crippen LogP contribution in [0.3, 0.4) is 0 Å². The van der Waals surface area contributed by atoms with Crippen LogP contribution in [0.2, 0.25) is 10.0 Å². The smallest absolute Gasteiger partial charge is 0.335 e. The second-order valence-corrected chi connectivity index (χ2v) is 5.16. The molecule has 2 N–H and O–H groups in total. The number of carbonyl (C=O) groups is 1. The molecular weight excluding hydrogens is 311 g/mol. The van der Waals surface area contributed by atoms with E-state index in [0.717, 1.165) is 5.56 Å². The van der Waals surface area contributed by atoms with E-state index in [1.165, 1.54) is 12.1 Å². The maximum absolute atomic E-state index is 10.8. The first-order chi connectivity index (χ1) is 9.97. The third-order valence-electron chi connectivity index (χ3n) is 2.81. The van der Waals surface area contributed by atoms with Crippen LogP contribution in [0.4, 0.5) is 5.69 Å². The Morgan fingerprint density at radius 1 is 1.14 bits per heavy atom. The molecule has 0 fully saturated rings. The van der Waals surface area contributed by atoms with Crippen molar-refractivity contribution in [2.45, 2.75) is 6.92 Å². The highest BCUT2D eigenvalue weighted by Gasteiger charge is 2.05. The van der Waals surface area contributed by atoms with Gasteiger partial charge in [-0.15, -0.1) is 0 Å². The summed E-state index contributed by atoms with van der Waals surface area (Å²) in [6, 6.07) is 11.5. The van der Waals surface area contributed by atoms with Crippen LogP contribution >= 0.6 is 23.2 Å². The topological polar surface area (TPSA) is 61.7 Å².